The zero-order valence-corrected chi connectivity index (χ0v) is 9.28. The number of nitrogens with zero attached hydrogens (tertiary/aromatic N) is 1. The molecule has 1 aromatic carbocycles. The Morgan fingerprint density at radius 1 is 1.07 bits per heavy atom. The molecule has 1 radical (unpaired) electrons. The van der Waals surface area contributed by atoms with E-state index in [0.717, 1.165) is 0 Å². The molecule has 0 aliphatic carbocycles. The van der Waals surface area contributed by atoms with E-state index < -0.39 is 9.84 Å². The maximum atomic E-state index is 12.1. The van der Waals surface area contributed by atoms with Gasteiger partial charge in [-0.25, -0.2) is 13.7 Å². The normalized spacial score (nSPS) is 18.9. The Hall–Kier alpha value is -0.870. The van der Waals surface area contributed by atoms with Crippen LogP contribution in [0, 0.1) is 0 Å². The summed E-state index contributed by atoms with van der Waals surface area (Å²) >= 11 is 0. The molecule has 81 valence electrons. The molecule has 1 saturated heterocycles. The van der Waals surface area contributed by atoms with Crippen LogP contribution in [0.4, 0.5) is 0 Å². The average molecular weight is 224 g/mol. The molecule has 1 fully saturated rings. The highest BCUT2D eigenvalue weighted by molar-refractivity contribution is 7.92. The SMILES string of the molecule is O=S(=O)(c1ccccc1)C1CC[N]CC1. The summed E-state index contributed by atoms with van der Waals surface area (Å²) in [4.78, 5) is 0.442. The second-order valence-electron chi connectivity index (χ2n) is 3.73. The number of hydrogen-bond acceptors (Lipinski definition) is 2. The lowest BCUT2D eigenvalue weighted by Gasteiger charge is -2.21. The van der Waals surface area contributed by atoms with Crippen LogP contribution in [0.15, 0.2) is 35.2 Å². The first-order chi connectivity index (χ1) is 7.21. The highest BCUT2D eigenvalue weighted by Crippen LogP contribution is 2.21. The van der Waals surface area contributed by atoms with Crippen LogP contribution in [0.2, 0.25) is 0 Å². The van der Waals surface area contributed by atoms with E-state index in [1.807, 2.05) is 6.07 Å². The minimum absolute atomic E-state index is 0.239. The van der Waals surface area contributed by atoms with Crippen LogP contribution < -0.4 is 5.32 Å². The van der Waals surface area contributed by atoms with E-state index in [0.29, 0.717) is 30.8 Å². The summed E-state index contributed by atoms with van der Waals surface area (Å²) in [5, 5.41) is 3.93. The van der Waals surface area contributed by atoms with E-state index in [1.165, 1.54) is 0 Å². The zero-order chi connectivity index (χ0) is 10.7. The lowest BCUT2D eigenvalue weighted by Crippen LogP contribution is -2.32. The molecule has 1 aliphatic heterocycles. The predicted molar refractivity (Wildman–Crippen MR) is 58.5 cm³/mol. The molecular weight excluding hydrogens is 210 g/mol. The third kappa shape index (κ3) is 2.21. The van der Waals surface area contributed by atoms with Gasteiger partial charge in [-0.3, -0.25) is 0 Å². The molecule has 1 aliphatic rings. The lowest BCUT2D eigenvalue weighted by atomic mass is 10.2. The molecular formula is C11H14NO2S. The highest BCUT2D eigenvalue weighted by Gasteiger charge is 2.28. The van der Waals surface area contributed by atoms with Crippen LogP contribution in [0.5, 0.6) is 0 Å². The summed E-state index contributed by atoms with van der Waals surface area (Å²) in [5.74, 6) is 0. The molecule has 0 amide bonds. The molecule has 15 heavy (non-hydrogen) atoms. The van der Waals surface area contributed by atoms with Gasteiger partial charge in [-0.15, -0.1) is 0 Å². The molecule has 0 saturated carbocycles. The van der Waals surface area contributed by atoms with Crippen molar-refractivity contribution in [3.8, 4) is 0 Å². The van der Waals surface area contributed by atoms with Crippen molar-refractivity contribution in [3.05, 3.63) is 30.3 Å². The van der Waals surface area contributed by atoms with Crippen LogP contribution in [-0.4, -0.2) is 26.8 Å². The van der Waals surface area contributed by atoms with Gasteiger partial charge in [-0.1, -0.05) is 18.2 Å². The van der Waals surface area contributed by atoms with Crippen molar-refractivity contribution < 1.29 is 8.42 Å². The van der Waals surface area contributed by atoms with Crippen LogP contribution in [0.1, 0.15) is 12.8 Å². The van der Waals surface area contributed by atoms with Crippen molar-refractivity contribution in [1.82, 2.24) is 5.32 Å². The Bertz CT molecular complexity index is 407. The molecule has 0 atom stereocenters. The van der Waals surface area contributed by atoms with Crippen molar-refractivity contribution >= 4 is 9.84 Å². The van der Waals surface area contributed by atoms with Crippen molar-refractivity contribution in [2.45, 2.75) is 23.0 Å². The van der Waals surface area contributed by atoms with E-state index in [9.17, 15) is 8.42 Å². The Balaban J connectivity index is 2.26. The summed E-state index contributed by atoms with van der Waals surface area (Å²) in [6, 6.07) is 8.69. The Labute approximate surface area is 90.4 Å². The van der Waals surface area contributed by atoms with Crippen molar-refractivity contribution in [2.24, 2.45) is 0 Å². The van der Waals surface area contributed by atoms with Gasteiger partial charge in [0.2, 0.25) is 0 Å². The van der Waals surface area contributed by atoms with Gasteiger partial charge < -0.3 is 0 Å². The lowest BCUT2D eigenvalue weighted by molar-refractivity contribution is 0.490. The van der Waals surface area contributed by atoms with Crippen LogP contribution in [0.25, 0.3) is 0 Å². The minimum atomic E-state index is -3.12. The first kappa shape index (κ1) is 10.6. The van der Waals surface area contributed by atoms with Gasteiger partial charge >= 0.3 is 0 Å². The van der Waals surface area contributed by atoms with Crippen LogP contribution in [-0.2, 0) is 9.84 Å². The van der Waals surface area contributed by atoms with E-state index in [1.54, 1.807) is 24.3 Å². The fourth-order valence-corrected chi connectivity index (χ4v) is 3.59. The van der Waals surface area contributed by atoms with Crippen molar-refractivity contribution in [2.75, 3.05) is 13.1 Å². The topological polar surface area (TPSA) is 48.2 Å². The zero-order valence-electron chi connectivity index (χ0n) is 8.46. The number of rotatable bonds is 2. The quantitative estimate of drug-likeness (QED) is 0.758. The number of hydrogen-bond donors (Lipinski definition) is 0. The van der Waals surface area contributed by atoms with E-state index in [4.69, 9.17) is 0 Å². The maximum Gasteiger partial charge on any atom is 0.181 e. The predicted octanol–water partition coefficient (Wildman–Crippen LogP) is 1.23. The third-order valence-electron chi connectivity index (χ3n) is 2.73. The van der Waals surface area contributed by atoms with Gasteiger partial charge in [-0.05, 0) is 25.0 Å². The maximum absolute atomic E-state index is 12.1. The van der Waals surface area contributed by atoms with Gasteiger partial charge in [0.25, 0.3) is 0 Å². The van der Waals surface area contributed by atoms with Crippen molar-refractivity contribution in [1.29, 1.82) is 0 Å². The van der Waals surface area contributed by atoms with Crippen LogP contribution in [0.3, 0.4) is 0 Å². The average Bonchev–Trinajstić information content (AvgIpc) is 2.31. The molecule has 1 aromatic rings. The largest absolute Gasteiger partial charge is 0.242 e. The summed E-state index contributed by atoms with van der Waals surface area (Å²) in [6.07, 6.45) is 1.33. The number of benzene rings is 1. The molecule has 1 heterocycles. The molecule has 0 aromatic heterocycles. The third-order valence-corrected chi connectivity index (χ3v) is 5.01. The fraction of sp³-hybridized carbons (Fsp3) is 0.455. The molecule has 0 bridgehead atoms. The summed E-state index contributed by atoms with van der Waals surface area (Å²) in [6.45, 7) is 1.35. The van der Waals surface area contributed by atoms with Gasteiger partial charge in [0.05, 0.1) is 10.1 Å². The smallest absolute Gasteiger partial charge is 0.181 e. The van der Waals surface area contributed by atoms with E-state index >= 15 is 0 Å². The second-order valence-corrected chi connectivity index (χ2v) is 5.96. The summed E-state index contributed by atoms with van der Waals surface area (Å²) in [5.41, 5.74) is 0. The highest BCUT2D eigenvalue weighted by atomic mass is 32.2. The van der Waals surface area contributed by atoms with Gasteiger partial charge in [-0.2, -0.15) is 0 Å². The molecule has 3 nitrogen and oxygen atoms in total. The van der Waals surface area contributed by atoms with Crippen LogP contribution >= 0.6 is 0 Å². The number of sulfone groups is 1. The standard InChI is InChI=1S/C11H14NO2S/c13-15(14,10-4-2-1-3-5-10)11-6-8-12-9-7-11/h1-5,11H,6-9H2. The Morgan fingerprint density at radius 3 is 2.27 bits per heavy atom. The van der Waals surface area contributed by atoms with Gasteiger partial charge in [0, 0.05) is 13.1 Å². The fourth-order valence-electron chi connectivity index (χ4n) is 1.84. The summed E-state index contributed by atoms with van der Waals surface area (Å²) in [7, 11) is -3.12. The molecule has 4 heteroatoms. The first-order valence-electron chi connectivity index (χ1n) is 5.13. The molecule has 0 N–H and O–H groups in total. The van der Waals surface area contributed by atoms with Gasteiger partial charge in [0.15, 0.2) is 9.84 Å². The van der Waals surface area contributed by atoms with Crippen molar-refractivity contribution in [3.63, 3.8) is 0 Å². The second kappa shape index (κ2) is 4.33. The minimum Gasteiger partial charge on any atom is -0.242 e. The summed E-state index contributed by atoms with van der Waals surface area (Å²) < 4.78 is 24.3. The van der Waals surface area contributed by atoms with E-state index in [2.05, 4.69) is 5.32 Å². The first-order valence-corrected chi connectivity index (χ1v) is 6.68. The Kier molecular flexibility index (Phi) is 3.07. The molecule has 0 unspecified atom stereocenters. The monoisotopic (exact) mass is 224 g/mol. The number of piperidine rings is 1. The van der Waals surface area contributed by atoms with E-state index in [-0.39, 0.29) is 5.25 Å². The van der Waals surface area contributed by atoms with Gasteiger partial charge in [0.1, 0.15) is 0 Å². The molecule has 0 spiro atoms. The Morgan fingerprint density at radius 2 is 1.67 bits per heavy atom. The molecule has 2 rings (SSSR count).